The molecule has 0 atom stereocenters. The van der Waals surface area contributed by atoms with Crippen LogP contribution >= 0.6 is 0 Å². The molecule has 2 aromatic heterocycles. The number of hydrogen-bond donors (Lipinski definition) is 1. The highest BCUT2D eigenvalue weighted by Crippen LogP contribution is 2.32. The molecule has 9 heteroatoms. The molecule has 2 heterocycles. The predicted octanol–water partition coefficient (Wildman–Crippen LogP) is 3.88. The standard InChI is InChI=1S/C15H13F3N4O2/c1-8(2)22-11(5-6-19-22)13(23)20-9-3-4-10-12(7-9)24-14(21-10)15(16,17)18/h3-8H,1-2H3,(H,20,23). The van der Waals surface area contributed by atoms with Gasteiger partial charge in [0.15, 0.2) is 5.58 Å². The van der Waals surface area contributed by atoms with E-state index in [9.17, 15) is 18.0 Å². The Balaban J connectivity index is 1.87. The third-order valence-corrected chi connectivity index (χ3v) is 3.28. The van der Waals surface area contributed by atoms with Crippen molar-refractivity contribution in [3.8, 4) is 0 Å². The first-order chi connectivity index (χ1) is 11.3. The summed E-state index contributed by atoms with van der Waals surface area (Å²) in [7, 11) is 0. The lowest BCUT2D eigenvalue weighted by atomic mass is 10.2. The normalized spacial score (nSPS) is 12.1. The monoisotopic (exact) mass is 338 g/mol. The molecule has 0 aliphatic rings. The molecule has 126 valence electrons. The van der Waals surface area contributed by atoms with Crippen molar-refractivity contribution in [3.63, 3.8) is 0 Å². The highest BCUT2D eigenvalue weighted by molar-refractivity contribution is 6.03. The highest BCUT2D eigenvalue weighted by atomic mass is 19.4. The lowest BCUT2D eigenvalue weighted by molar-refractivity contribution is -0.156. The number of anilines is 1. The van der Waals surface area contributed by atoms with Gasteiger partial charge in [0.1, 0.15) is 11.2 Å². The number of oxazole rings is 1. The van der Waals surface area contributed by atoms with Crippen molar-refractivity contribution in [2.45, 2.75) is 26.1 Å². The van der Waals surface area contributed by atoms with E-state index in [0.29, 0.717) is 11.4 Å². The van der Waals surface area contributed by atoms with E-state index in [0.717, 1.165) is 0 Å². The Kier molecular flexibility index (Phi) is 3.78. The van der Waals surface area contributed by atoms with Crippen LogP contribution in [0.3, 0.4) is 0 Å². The number of alkyl halides is 3. The number of amides is 1. The SMILES string of the molecule is CC(C)n1nccc1C(=O)Nc1ccc2nc(C(F)(F)F)oc2c1. The van der Waals surface area contributed by atoms with Gasteiger partial charge in [-0.3, -0.25) is 9.48 Å². The summed E-state index contributed by atoms with van der Waals surface area (Å²) in [6, 6.07) is 5.66. The zero-order valence-electron chi connectivity index (χ0n) is 12.8. The second kappa shape index (κ2) is 5.66. The fourth-order valence-corrected chi connectivity index (χ4v) is 2.22. The minimum absolute atomic E-state index is 0.00755. The third-order valence-electron chi connectivity index (χ3n) is 3.28. The number of aromatic nitrogens is 3. The Morgan fingerprint density at radius 2 is 2.04 bits per heavy atom. The molecule has 1 N–H and O–H groups in total. The number of rotatable bonds is 3. The van der Waals surface area contributed by atoms with E-state index in [4.69, 9.17) is 4.42 Å². The number of benzene rings is 1. The van der Waals surface area contributed by atoms with Crippen LogP contribution in [-0.4, -0.2) is 20.7 Å². The summed E-state index contributed by atoms with van der Waals surface area (Å²) in [6.07, 6.45) is -3.16. The molecule has 1 aromatic carbocycles. The second-order valence-electron chi connectivity index (χ2n) is 5.41. The average molecular weight is 338 g/mol. The van der Waals surface area contributed by atoms with Gasteiger partial charge in [-0.25, -0.2) is 4.98 Å². The van der Waals surface area contributed by atoms with Crippen LogP contribution in [0.25, 0.3) is 11.1 Å². The molecule has 0 spiro atoms. The summed E-state index contributed by atoms with van der Waals surface area (Å²) in [5, 5.41) is 6.67. The maximum absolute atomic E-state index is 12.6. The zero-order valence-corrected chi connectivity index (χ0v) is 12.8. The molecule has 0 aliphatic heterocycles. The largest absolute Gasteiger partial charge is 0.468 e. The van der Waals surface area contributed by atoms with Gasteiger partial charge in [0.2, 0.25) is 0 Å². The Hall–Kier alpha value is -2.84. The first-order valence-electron chi connectivity index (χ1n) is 7.08. The van der Waals surface area contributed by atoms with Gasteiger partial charge in [0.05, 0.1) is 0 Å². The van der Waals surface area contributed by atoms with Crippen molar-refractivity contribution in [1.82, 2.24) is 14.8 Å². The Morgan fingerprint density at radius 1 is 1.29 bits per heavy atom. The van der Waals surface area contributed by atoms with Crippen molar-refractivity contribution >= 4 is 22.7 Å². The van der Waals surface area contributed by atoms with Crippen LogP contribution in [-0.2, 0) is 6.18 Å². The topological polar surface area (TPSA) is 73.0 Å². The highest BCUT2D eigenvalue weighted by Gasteiger charge is 2.37. The van der Waals surface area contributed by atoms with Gasteiger partial charge in [-0.2, -0.15) is 18.3 Å². The molecule has 0 aliphatic carbocycles. The van der Waals surface area contributed by atoms with Crippen molar-refractivity contribution in [1.29, 1.82) is 0 Å². The quantitative estimate of drug-likeness (QED) is 0.787. The van der Waals surface area contributed by atoms with E-state index in [1.807, 2.05) is 13.8 Å². The van der Waals surface area contributed by atoms with Gasteiger partial charge in [-0.1, -0.05) is 0 Å². The molecule has 6 nitrogen and oxygen atoms in total. The smallest absolute Gasteiger partial charge is 0.433 e. The molecule has 0 bridgehead atoms. The Labute approximate surface area is 134 Å². The first kappa shape index (κ1) is 16.0. The number of nitrogens with zero attached hydrogens (tertiary/aromatic N) is 3. The van der Waals surface area contributed by atoms with Crippen molar-refractivity contribution < 1.29 is 22.4 Å². The summed E-state index contributed by atoms with van der Waals surface area (Å²) < 4.78 is 44.1. The van der Waals surface area contributed by atoms with Crippen LogP contribution in [0, 0.1) is 0 Å². The number of carbonyl (C=O) groups is 1. The fraction of sp³-hybridized carbons (Fsp3) is 0.267. The summed E-state index contributed by atoms with van der Waals surface area (Å²) >= 11 is 0. The number of carbonyl (C=O) groups excluding carboxylic acids is 1. The molecule has 1 amide bonds. The van der Waals surface area contributed by atoms with Gasteiger partial charge in [0, 0.05) is 24.0 Å². The van der Waals surface area contributed by atoms with Gasteiger partial charge in [-0.15, -0.1) is 0 Å². The number of nitrogens with one attached hydrogen (secondary N) is 1. The van der Waals surface area contributed by atoms with Gasteiger partial charge in [0.25, 0.3) is 5.91 Å². The third kappa shape index (κ3) is 2.97. The molecule has 3 rings (SSSR count). The predicted molar refractivity (Wildman–Crippen MR) is 79.6 cm³/mol. The first-order valence-corrected chi connectivity index (χ1v) is 7.08. The van der Waals surface area contributed by atoms with E-state index < -0.39 is 18.0 Å². The fourth-order valence-electron chi connectivity index (χ4n) is 2.22. The van der Waals surface area contributed by atoms with E-state index >= 15 is 0 Å². The number of hydrogen-bond acceptors (Lipinski definition) is 4. The molecule has 0 radical (unpaired) electrons. The molecule has 3 aromatic rings. The molecule has 0 fully saturated rings. The summed E-state index contributed by atoms with van der Waals surface area (Å²) in [4.78, 5) is 15.7. The second-order valence-corrected chi connectivity index (χ2v) is 5.41. The molecule has 24 heavy (non-hydrogen) atoms. The molecular weight excluding hydrogens is 325 g/mol. The zero-order chi connectivity index (χ0) is 17.5. The Bertz CT molecular complexity index is 896. The maximum Gasteiger partial charge on any atom is 0.468 e. The van der Waals surface area contributed by atoms with Crippen LogP contribution in [0.2, 0.25) is 0 Å². The van der Waals surface area contributed by atoms with Crippen molar-refractivity contribution in [2.75, 3.05) is 5.32 Å². The average Bonchev–Trinajstić information content (AvgIpc) is 3.12. The minimum Gasteiger partial charge on any atom is -0.433 e. The van der Waals surface area contributed by atoms with Gasteiger partial charge >= 0.3 is 12.1 Å². The Morgan fingerprint density at radius 3 is 2.71 bits per heavy atom. The van der Waals surface area contributed by atoms with Gasteiger partial charge in [-0.05, 0) is 32.0 Å². The lowest BCUT2D eigenvalue weighted by Gasteiger charge is -2.11. The van der Waals surface area contributed by atoms with E-state index in [-0.39, 0.29) is 17.1 Å². The molecule has 0 saturated carbocycles. The summed E-state index contributed by atoms with van der Waals surface area (Å²) in [5.74, 6) is -1.74. The molecular formula is C15H13F3N4O2. The van der Waals surface area contributed by atoms with E-state index in [2.05, 4.69) is 15.4 Å². The number of halogens is 3. The summed E-state index contributed by atoms with van der Waals surface area (Å²) in [5.41, 5.74) is 0.651. The van der Waals surface area contributed by atoms with Crippen LogP contribution in [0.15, 0.2) is 34.9 Å². The van der Waals surface area contributed by atoms with Crippen LogP contribution in [0.4, 0.5) is 18.9 Å². The van der Waals surface area contributed by atoms with Crippen molar-refractivity contribution in [3.05, 3.63) is 42.0 Å². The number of fused-ring (bicyclic) bond motifs is 1. The lowest BCUT2D eigenvalue weighted by Crippen LogP contribution is -2.18. The van der Waals surface area contributed by atoms with Crippen LogP contribution in [0.5, 0.6) is 0 Å². The van der Waals surface area contributed by atoms with Crippen LogP contribution in [0.1, 0.15) is 36.3 Å². The van der Waals surface area contributed by atoms with Crippen molar-refractivity contribution in [2.24, 2.45) is 0 Å². The maximum atomic E-state index is 12.6. The van der Waals surface area contributed by atoms with Gasteiger partial charge < -0.3 is 9.73 Å². The van der Waals surface area contributed by atoms with E-state index in [1.54, 1.807) is 10.7 Å². The minimum atomic E-state index is -4.66. The summed E-state index contributed by atoms with van der Waals surface area (Å²) in [6.45, 7) is 3.76. The van der Waals surface area contributed by atoms with Crippen LogP contribution < -0.4 is 5.32 Å². The molecule has 0 unspecified atom stereocenters. The molecule has 0 saturated heterocycles. The van der Waals surface area contributed by atoms with E-state index in [1.165, 1.54) is 24.4 Å².